The molecule has 0 aromatic heterocycles. The van der Waals surface area contributed by atoms with Gasteiger partial charge in [0.1, 0.15) is 5.75 Å². The van der Waals surface area contributed by atoms with Crippen molar-refractivity contribution in [3.8, 4) is 5.75 Å². The number of nitrogens with one attached hydrogen (secondary N) is 1. The van der Waals surface area contributed by atoms with Gasteiger partial charge in [-0.25, -0.2) is 4.79 Å². The molecule has 1 N–H and O–H groups in total. The van der Waals surface area contributed by atoms with E-state index in [2.05, 4.69) is 5.32 Å². The predicted molar refractivity (Wildman–Crippen MR) is 93.9 cm³/mol. The summed E-state index contributed by atoms with van der Waals surface area (Å²) in [6.07, 6.45) is 0.347. The third kappa shape index (κ3) is 4.04. The average molecular weight is 347 g/mol. The molecule has 0 saturated carbocycles. The lowest BCUT2D eigenvalue weighted by Gasteiger charge is -2.35. The number of urea groups is 1. The van der Waals surface area contributed by atoms with E-state index in [1.54, 1.807) is 16.9 Å². The summed E-state index contributed by atoms with van der Waals surface area (Å²) in [5.74, 6) is 0.705. The number of carbonyl (C=O) groups excluding carboxylic acids is 2. The van der Waals surface area contributed by atoms with E-state index < -0.39 is 0 Å². The molecule has 3 atom stereocenters. The van der Waals surface area contributed by atoms with Crippen molar-refractivity contribution in [3.05, 3.63) is 24.3 Å². The number of methoxy groups -OCH3 is 1. The highest BCUT2D eigenvalue weighted by Crippen LogP contribution is 2.25. The topological polar surface area (TPSA) is 71.1 Å². The van der Waals surface area contributed by atoms with E-state index in [-0.39, 0.29) is 30.2 Å². The number of morpholine rings is 1. The van der Waals surface area contributed by atoms with Crippen molar-refractivity contribution in [2.75, 3.05) is 31.6 Å². The molecular weight excluding hydrogens is 322 g/mol. The molecule has 2 aliphatic rings. The van der Waals surface area contributed by atoms with E-state index in [9.17, 15) is 9.59 Å². The SMILES string of the molecule is COc1cccc(N2C[C@H](NC(=O)N3C[C@@H](C)O[C@H](C)C3)CC2=O)c1. The molecule has 7 nitrogen and oxygen atoms in total. The second kappa shape index (κ2) is 7.31. The first kappa shape index (κ1) is 17.5. The van der Waals surface area contributed by atoms with Crippen LogP contribution in [-0.4, -0.2) is 61.8 Å². The van der Waals surface area contributed by atoms with Gasteiger partial charge < -0.3 is 24.6 Å². The van der Waals surface area contributed by atoms with Crippen LogP contribution in [0.1, 0.15) is 20.3 Å². The van der Waals surface area contributed by atoms with Crippen molar-refractivity contribution in [2.45, 2.75) is 38.5 Å². The first-order valence-corrected chi connectivity index (χ1v) is 8.61. The predicted octanol–water partition coefficient (Wildman–Crippen LogP) is 1.62. The summed E-state index contributed by atoms with van der Waals surface area (Å²) in [5, 5.41) is 2.99. The summed E-state index contributed by atoms with van der Waals surface area (Å²) in [4.78, 5) is 28.3. The molecule has 0 radical (unpaired) electrons. The summed E-state index contributed by atoms with van der Waals surface area (Å²) >= 11 is 0. The van der Waals surface area contributed by atoms with Crippen LogP contribution in [0.25, 0.3) is 0 Å². The van der Waals surface area contributed by atoms with Crippen molar-refractivity contribution in [1.29, 1.82) is 0 Å². The van der Waals surface area contributed by atoms with Gasteiger partial charge in [0.25, 0.3) is 0 Å². The molecule has 0 aliphatic carbocycles. The number of rotatable bonds is 3. The summed E-state index contributed by atoms with van der Waals surface area (Å²) in [7, 11) is 1.60. The standard InChI is InChI=1S/C18H25N3O4/c1-12-9-20(10-13(2)25-12)18(23)19-14-7-17(22)21(11-14)15-5-4-6-16(8-15)24-3/h4-6,8,12-14H,7,9-11H2,1-3H3,(H,19,23)/t12-,13-,14-/m1/s1. The Kier molecular flexibility index (Phi) is 5.13. The van der Waals surface area contributed by atoms with E-state index in [4.69, 9.17) is 9.47 Å². The Balaban J connectivity index is 1.61. The number of ether oxygens (including phenoxy) is 2. The van der Waals surface area contributed by atoms with Gasteiger partial charge in [-0.2, -0.15) is 0 Å². The lowest BCUT2D eigenvalue weighted by atomic mass is 10.2. The van der Waals surface area contributed by atoms with Gasteiger partial charge in [0.05, 0.1) is 25.4 Å². The Bertz CT molecular complexity index is 641. The van der Waals surface area contributed by atoms with Crippen molar-refractivity contribution in [1.82, 2.24) is 10.2 Å². The van der Waals surface area contributed by atoms with Gasteiger partial charge >= 0.3 is 6.03 Å². The van der Waals surface area contributed by atoms with Gasteiger partial charge in [0, 0.05) is 37.8 Å². The van der Waals surface area contributed by atoms with Crippen LogP contribution in [0.5, 0.6) is 5.75 Å². The minimum absolute atomic E-state index is 0.00210. The monoisotopic (exact) mass is 347 g/mol. The third-order valence-corrected chi connectivity index (χ3v) is 4.52. The molecule has 0 spiro atoms. The highest BCUT2D eigenvalue weighted by molar-refractivity contribution is 5.97. The molecule has 2 aliphatic heterocycles. The quantitative estimate of drug-likeness (QED) is 0.902. The highest BCUT2D eigenvalue weighted by atomic mass is 16.5. The fourth-order valence-electron chi connectivity index (χ4n) is 3.44. The lowest BCUT2D eigenvalue weighted by molar-refractivity contribution is -0.117. The van der Waals surface area contributed by atoms with Gasteiger partial charge in [0.2, 0.25) is 5.91 Å². The van der Waals surface area contributed by atoms with Gasteiger partial charge in [-0.3, -0.25) is 4.79 Å². The fourth-order valence-corrected chi connectivity index (χ4v) is 3.44. The Morgan fingerprint density at radius 3 is 2.64 bits per heavy atom. The smallest absolute Gasteiger partial charge is 0.317 e. The molecule has 0 unspecified atom stereocenters. The second-order valence-corrected chi connectivity index (χ2v) is 6.72. The highest BCUT2D eigenvalue weighted by Gasteiger charge is 2.34. The molecule has 3 rings (SSSR count). The van der Waals surface area contributed by atoms with Crippen LogP contribution in [0, 0.1) is 0 Å². The van der Waals surface area contributed by atoms with E-state index >= 15 is 0 Å². The number of hydrogen-bond donors (Lipinski definition) is 1. The van der Waals surface area contributed by atoms with E-state index in [0.717, 1.165) is 5.69 Å². The molecule has 1 aromatic carbocycles. The number of amides is 3. The maximum Gasteiger partial charge on any atom is 0.317 e. The fraction of sp³-hybridized carbons (Fsp3) is 0.556. The number of hydrogen-bond acceptors (Lipinski definition) is 4. The van der Waals surface area contributed by atoms with E-state index in [1.165, 1.54) is 0 Å². The van der Waals surface area contributed by atoms with E-state index in [1.807, 2.05) is 38.1 Å². The maximum absolute atomic E-state index is 12.5. The minimum atomic E-state index is -0.195. The molecule has 2 heterocycles. The molecule has 0 bridgehead atoms. The van der Waals surface area contributed by atoms with Gasteiger partial charge in [-0.1, -0.05) is 6.07 Å². The first-order valence-electron chi connectivity index (χ1n) is 8.61. The summed E-state index contributed by atoms with van der Waals surface area (Å²) in [6.45, 7) is 5.51. The largest absolute Gasteiger partial charge is 0.497 e. The minimum Gasteiger partial charge on any atom is -0.497 e. The van der Waals surface area contributed by atoms with Crippen LogP contribution in [0.3, 0.4) is 0 Å². The van der Waals surface area contributed by atoms with Crippen molar-refractivity contribution < 1.29 is 19.1 Å². The van der Waals surface area contributed by atoms with Crippen molar-refractivity contribution in [3.63, 3.8) is 0 Å². The van der Waals surface area contributed by atoms with Crippen molar-refractivity contribution in [2.24, 2.45) is 0 Å². The van der Waals surface area contributed by atoms with E-state index in [0.29, 0.717) is 31.8 Å². The number of benzene rings is 1. The molecule has 2 saturated heterocycles. The van der Waals surface area contributed by atoms with Gasteiger partial charge in [0.15, 0.2) is 0 Å². The first-order chi connectivity index (χ1) is 12.0. The van der Waals surface area contributed by atoms with Crippen LogP contribution < -0.4 is 15.0 Å². The lowest BCUT2D eigenvalue weighted by Crippen LogP contribution is -2.53. The summed E-state index contributed by atoms with van der Waals surface area (Å²) in [6, 6.07) is 7.06. The van der Waals surface area contributed by atoms with Crippen LogP contribution >= 0.6 is 0 Å². The van der Waals surface area contributed by atoms with Crippen LogP contribution in [0.15, 0.2) is 24.3 Å². The zero-order valence-electron chi connectivity index (χ0n) is 14.9. The number of nitrogens with zero attached hydrogens (tertiary/aromatic N) is 2. The zero-order chi connectivity index (χ0) is 18.0. The Hall–Kier alpha value is -2.28. The summed E-state index contributed by atoms with van der Waals surface area (Å²) < 4.78 is 10.9. The Morgan fingerprint density at radius 2 is 1.96 bits per heavy atom. The van der Waals surface area contributed by atoms with Crippen molar-refractivity contribution >= 4 is 17.6 Å². The molecule has 1 aromatic rings. The second-order valence-electron chi connectivity index (χ2n) is 6.72. The van der Waals surface area contributed by atoms with Gasteiger partial charge in [-0.05, 0) is 26.0 Å². The Morgan fingerprint density at radius 1 is 1.24 bits per heavy atom. The molecule has 7 heteroatoms. The number of anilines is 1. The van der Waals surface area contributed by atoms with Crippen LogP contribution in [0.4, 0.5) is 10.5 Å². The number of carbonyl (C=O) groups is 2. The summed E-state index contributed by atoms with van der Waals surface area (Å²) in [5.41, 5.74) is 0.787. The average Bonchev–Trinajstić information content (AvgIpc) is 2.94. The Labute approximate surface area is 147 Å². The molecule has 25 heavy (non-hydrogen) atoms. The molecule has 136 valence electrons. The normalized spacial score (nSPS) is 26.7. The molecular formula is C18H25N3O4. The third-order valence-electron chi connectivity index (χ3n) is 4.52. The van der Waals surface area contributed by atoms with Crippen LogP contribution in [-0.2, 0) is 9.53 Å². The molecule has 3 amide bonds. The van der Waals surface area contributed by atoms with Gasteiger partial charge in [-0.15, -0.1) is 0 Å². The van der Waals surface area contributed by atoms with Crippen LogP contribution in [0.2, 0.25) is 0 Å². The zero-order valence-corrected chi connectivity index (χ0v) is 14.9. The maximum atomic E-state index is 12.5. The molecule has 2 fully saturated rings.